The number of rotatable bonds is 4. The van der Waals surface area contributed by atoms with E-state index in [1.54, 1.807) is 23.7 Å². The minimum Gasteiger partial charge on any atom is -0.484 e. The molecule has 3 heterocycles. The summed E-state index contributed by atoms with van der Waals surface area (Å²) >= 11 is 0. The lowest BCUT2D eigenvalue weighted by molar-refractivity contribution is 0.165. The van der Waals surface area contributed by atoms with E-state index < -0.39 is 5.82 Å². The van der Waals surface area contributed by atoms with Crippen LogP contribution in [-0.2, 0) is 0 Å². The molecule has 0 spiro atoms. The number of nitrogens with zero attached hydrogens (tertiary/aromatic N) is 3. The highest BCUT2D eigenvalue weighted by molar-refractivity contribution is 5.93. The molecule has 0 fully saturated rings. The van der Waals surface area contributed by atoms with Gasteiger partial charge in [-0.1, -0.05) is 0 Å². The van der Waals surface area contributed by atoms with Gasteiger partial charge in [0.1, 0.15) is 30.5 Å². The van der Waals surface area contributed by atoms with E-state index in [9.17, 15) is 9.18 Å². The molecule has 10 nitrogen and oxygen atoms in total. The smallest absolute Gasteiger partial charge is 0.319 e. The number of ether oxygens (including phenoxy) is 2. The third-order valence-electron chi connectivity index (χ3n) is 4.11. The van der Waals surface area contributed by atoms with Crippen LogP contribution in [0.4, 0.5) is 32.2 Å². The van der Waals surface area contributed by atoms with E-state index in [0.717, 1.165) is 0 Å². The number of hydrogen-bond donors (Lipinski definition) is 4. The molecule has 28 heavy (non-hydrogen) atoms. The number of aromatic nitrogens is 3. The predicted octanol–water partition coefficient (Wildman–Crippen LogP) is 2.18. The number of carbonyl (C=O) groups excluding carboxylic acids is 1. The van der Waals surface area contributed by atoms with E-state index in [1.807, 2.05) is 0 Å². The maximum absolute atomic E-state index is 14.0. The molecular formula is C17H18FN7O3. The summed E-state index contributed by atoms with van der Waals surface area (Å²) in [5.41, 5.74) is 1.36. The van der Waals surface area contributed by atoms with Crippen molar-refractivity contribution in [2.45, 2.75) is 0 Å². The Balaban J connectivity index is 1.75. The minimum absolute atomic E-state index is 0.0671. The second-order valence-corrected chi connectivity index (χ2v) is 5.85. The van der Waals surface area contributed by atoms with Crippen LogP contribution in [-0.4, -0.2) is 47.9 Å². The van der Waals surface area contributed by atoms with Gasteiger partial charge in [0.05, 0.1) is 11.9 Å². The van der Waals surface area contributed by atoms with Gasteiger partial charge in [0.2, 0.25) is 0 Å². The first-order valence-electron chi connectivity index (χ1n) is 8.51. The number of nitrogens with one attached hydrogen (secondary N) is 4. The van der Waals surface area contributed by atoms with E-state index in [0.29, 0.717) is 35.3 Å². The molecule has 3 aromatic rings. The fourth-order valence-electron chi connectivity index (χ4n) is 2.82. The van der Waals surface area contributed by atoms with Crippen molar-refractivity contribution in [2.24, 2.45) is 0 Å². The molecule has 0 aliphatic carbocycles. The van der Waals surface area contributed by atoms with Crippen molar-refractivity contribution < 1.29 is 18.7 Å². The van der Waals surface area contributed by atoms with Crippen molar-refractivity contribution in [1.29, 1.82) is 0 Å². The lowest BCUT2D eigenvalue weighted by Crippen LogP contribution is -2.24. The molecule has 1 aromatic carbocycles. The Hall–Kier alpha value is -3.76. The molecule has 0 unspecified atom stereocenters. The van der Waals surface area contributed by atoms with Crippen molar-refractivity contribution in [2.75, 3.05) is 43.3 Å². The number of halogens is 1. The number of amides is 2. The Morgan fingerprint density at radius 2 is 1.96 bits per heavy atom. The highest BCUT2D eigenvalue weighted by Gasteiger charge is 2.21. The number of carbonyl (C=O) groups is 1. The van der Waals surface area contributed by atoms with E-state index in [-0.39, 0.29) is 24.1 Å². The van der Waals surface area contributed by atoms with Gasteiger partial charge < -0.3 is 30.7 Å². The van der Waals surface area contributed by atoms with Gasteiger partial charge in [0.25, 0.3) is 0 Å². The van der Waals surface area contributed by atoms with E-state index in [2.05, 4.69) is 31.3 Å². The summed E-state index contributed by atoms with van der Waals surface area (Å²) in [6, 6.07) is 4.18. The molecule has 0 radical (unpaired) electrons. The predicted molar refractivity (Wildman–Crippen MR) is 101 cm³/mol. The first-order valence-corrected chi connectivity index (χ1v) is 8.51. The highest BCUT2D eigenvalue weighted by atomic mass is 19.1. The molecule has 2 amide bonds. The Morgan fingerprint density at radius 1 is 1.18 bits per heavy atom. The fraction of sp³-hybridized carbons (Fsp3) is 0.235. The normalized spacial score (nSPS) is 12.5. The summed E-state index contributed by atoms with van der Waals surface area (Å²) in [7, 11) is 3.25. The van der Waals surface area contributed by atoms with Gasteiger partial charge in [-0.15, -0.1) is 0 Å². The Bertz CT molecular complexity index is 1050. The van der Waals surface area contributed by atoms with Crippen LogP contribution in [0.15, 0.2) is 24.4 Å². The molecule has 0 atom stereocenters. The van der Waals surface area contributed by atoms with Crippen molar-refractivity contribution in [3.8, 4) is 11.5 Å². The second-order valence-electron chi connectivity index (χ2n) is 5.85. The molecule has 146 valence electrons. The summed E-state index contributed by atoms with van der Waals surface area (Å²) < 4.78 is 26.5. The number of fused-ring (bicyclic) bond motifs is 2. The van der Waals surface area contributed by atoms with Crippen LogP contribution in [0.3, 0.4) is 0 Å². The third-order valence-corrected chi connectivity index (χ3v) is 4.11. The largest absolute Gasteiger partial charge is 0.484 e. The lowest BCUT2D eigenvalue weighted by atomic mass is 10.2. The monoisotopic (exact) mass is 387 g/mol. The van der Waals surface area contributed by atoms with Crippen LogP contribution in [0.5, 0.6) is 11.5 Å². The quantitative estimate of drug-likeness (QED) is 0.543. The van der Waals surface area contributed by atoms with Gasteiger partial charge in [0.15, 0.2) is 23.0 Å². The minimum atomic E-state index is -0.493. The number of urea groups is 1. The molecular weight excluding hydrogens is 369 g/mol. The molecule has 0 saturated carbocycles. The molecule has 11 heteroatoms. The first-order chi connectivity index (χ1) is 13.6. The molecule has 0 saturated heterocycles. The summed E-state index contributed by atoms with van der Waals surface area (Å²) in [5, 5.41) is 15.5. The fourth-order valence-corrected chi connectivity index (χ4v) is 2.82. The molecule has 2 aromatic heterocycles. The van der Waals surface area contributed by atoms with E-state index in [4.69, 9.17) is 9.47 Å². The average molecular weight is 387 g/mol. The zero-order valence-corrected chi connectivity index (χ0v) is 15.2. The standard InChI is InChI=1S/C17H18FN7O3/c1-19-13-7-12(24-16-11(8-21-25(13)16)23-17(26)20-2)22-10-4-3-9(18)14-15(10)28-6-5-27-14/h3-4,7-8,19H,5-6H2,1-2H3,(H,22,24)(H2,20,23,26). The maximum Gasteiger partial charge on any atom is 0.319 e. The zero-order chi connectivity index (χ0) is 19.7. The average Bonchev–Trinajstić information content (AvgIpc) is 3.12. The summed E-state index contributed by atoms with van der Waals surface area (Å²) in [5.74, 6) is 0.937. The van der Waals surface area contributed by atoms with Crippen LogP contribution < -0.4 is 30.7 Å². The van der Waals surface area contributed by atoms with Crippen LogP contribution in [0.2, 0.25) is 0 Å². The first kappa shape index (κ1) is 17.6. The summed E-state index contributed by atoms with van der Waals surface area (Å²) in [6.45, 7) is 0.605. The van der Waals surface area contributed by atoms with Gasteiger partial charge in [0, 0.05) is 20.2 Å². The summed E-state index contributed by atoms with van der Waals surface area (Å²) in [4.78, 5) is 16.2. The molecule has 1 aliphatic heterocycles. The molecule has 4 rings (SSSR count). The van der Waals surface area contributed by atoms with Crippen LogP contribution in [0.25, 0.3) is 5.65 Å². The van der Waals surface area contributed by atoms with Crippen molar-refractivity contribution in [3.63, 3.8) is 0 Å². The lowest BCUT2D eigenvalue weighted by Gasteiger charge is -2.22. The van der Waals surface area contributed by atoms with Gasteiger partial charge in [-0.05, 0) is 12.1 Å². The van der Waals surface area contributed by atoms with Crippen LogP contribution in [0.1, 0.15) is 0 Å². The summed E-state index contributed by atoms with van der Waals surface area (Å²) in [6.07, 6.45) is 1.50. The third kappa shape index (κ3) is 3.06. The topological polar surface area (TPSA) is 114 Å². The Morgan fingerprint density at radius 3 is 2.71 bits per heavy atom. The number of benzene rings is 1. The second kappa shape index (κ2) is 7.10. The van der Waals surface area contributed by atoms with Crippen LogP contribution in [0, 0.1) is 5.82 Å². The Labute approximate surface area is 159 Å². The van der Waals surface area contributed by atoms with Gasteiger partial charge in [-0.2, -0.15) is 9.61 Å². The molecule has 0 bridgehead atoms. The molecule has 1 aliphatic rings. The Kier molecular flexibility index (Phi) is 4.47. The van der Waals surface area contributed by atoms with Gasteiger partial charge in [-0.25, -0.2) is 14.2 Å². The van der Waals surface area contributed by atoms with E-state index in [1.165, 1.54) is 19.3 Å². The van der Waals surface area contributed by atoms with Crippen molar-refractivity contribution >= 4 is 34.7 Å². The maximum atomic E-state index is 14.0. The van der Waals surface area contributed by atoms with Crippen molar-refractivity contribution in [1.82, 2.24) is 19.9 Å². The van der Waals surface area contributed by atoms with Crippen LogP contribution >= 0.6 is 0 Å². The number of anilines is 4. The van der Waals surface area contributed by atoms with Gasteiger partial charge in [-0.3, -0.25) is 0 Å². The van der Waals surface area contributed by atoms with E-state index >= 15 is 0 Å². The van der Waals surface area contributed by atoms with Gasteiger partial charge >= 0.3 is 6.03 Å². The SMILES string of the molecule is CNC(=O)Nc1cnn2c(NC)cc(Nc3ccc(F)c4c3OCCO4)nc12. The highest BCUT2D eigenvalue weighted by Crippen LogP contribution is 2.41. The van der Waals surface area contributed by atoms with Crippen molar-refractivity contribution in [3.05, 3.63) is 30.2 Å². The zero-order valence-electron chi connectivity index (χ0n) is 15.2. The molecule has 4 N–H and O–H groups in total. The number of hydrogen-bond acceptors (Lipinski definition) is 7.